The van der Waals surface area contributed by atoms with Gasteiger partial charge in [-0.3, -0.25) is 0 Å². The van der Waals surface area contributed by atoms with Gasteiger partial charge in [-0.1, -0.05) is 33.6 Å². The summed E-state index contributed by atoms with van der Waals surface area (Å²) in [6.45, 7) is 4.59. The molecule has 1 aliphatic heterocycles. The molecule has 1 aromatic heterocycles. The van der Waals surface area contributed by atoms with E-state index < -0.39 is 9.84 Å². The highest BCUT2D eigenvalue weighted by atomic mass is 79.9. The van der Waals surface area contributed by atoms with Crippen molar-refractivity contribution in [1.82, 2.24) is 4.98 Å². The number of hydrogen-bond donors (Lipinski definition) is 0. The third-order valence-electron chi connectivity index (χ3n) is 6.23. The molecule has 9 heteroatoms. The van der Waals surface area contributed by atoms with Crippen LogP contribution in [-0.4, -0.2) is 46.7 Å². The fourth-order valence-corrected chi connectivity index (χ4v) is 5.85. The fraction of sp³-hybridized carbons (Fsp3) is 0.222. The van der Waals surface area contributed by atoms with Crippen LogP contribution in [0.4, 0.5) is 11.6 Å². The number of methoxy groups -OCH3 is 1. The molecule has 0 atom stereocenters. The zero-order valence-electron chi connectivity index (χ0n) is 20.0. The second-order valence-electron chi connectivity index (χ2n) is 8.63. The zero-order valence-corrected chi connectivity index (χ0v) is 22.4. The standard InChI is InChI=1S/C27H26BrN3O4S/c1-19-4-3-5-20(18-19)25-29-26(36(32,33)24-12-6-21(28)7-13-24)27(35-25)31-16-14-30(15-17-31)22-8-10-23(34-2)11-9-22/h3-13,18H,14-17H2,1-2H3. The molecule has 36 heavy (non-hydrogen) atoms. The summed E-state index contributed by atoms with van der Waals surface area (Å²) in [5, 5.41) is -0.0563. The molecule has 4 aromatic rings. The molecule has 3 aromatic carbocycles. The Morgan fingerprint density at radius 3 is 2.22 bits per heavy atom. The maximum Gasteiger partial charge on any atom is 0.236 e. The summed E-state index contributed by atoms with van der Waals surface area (Å²) in [4.78, 5) is 8.93. The summed E-state index contributed by atoms with van der Waals surface area (Å²) in [7, 11) is -2.25. The summed E-state index contributed by atoms with van der Waals surface area (Å²) in [6, 6.07) is 22.2. The van der Waals surface area contributed by atoms with Gasteiger partial charge in [0.15, 0.2) is 0 Å². The minimum atomic E-state index is -3.90. The van der Waals surface area contributed by atoms with Crippen LogP contribution in [-0.2, 0) is 9.84 Å². The molecular weight excluding hydrogens is 542 g/mol. The van der Waals surface area contributed by atoms with Crippen molar-refractivity contribution in [3.63, 3.8) is 0 Å². The number of sulfone groups is 1. The van der Waals surface area contributed by atoms with Gasteiger partial charge in [-0.15, -0.1) is 0 Å². The van der Waals surface area contributed by atoms with Gasteiger partial charge in [-0.05, 0) is 67.6 Å². The first-order valence-electron chi connectivity index (χ1n) is 11.6. The number of benzene rings is 3. The minimum absolute atomic E-state index is 0.0563. The van der Waals surface area contributed by atoms with Crippen LogP contribution in [0.1, 0.15) is 5.56 Å². The third kappa shape index (κ3) is 4.85. The van der Waals surface area contributed by atoms with Gasteiger partial charge in [0.1, 0.15) is 5.75 Å². The molecule has 0 unspecified atom stereocenters. The van der Waals surface area contributed by atoms with Crippen molar-refractivity contribution in [3.05, 3.63) is 82.8 Å². The Hall–Kier alpha value is -3.30. The van der Waals surface area contributed by atoms with E-state index in [-0.39, 0.29) is 15.8 Å². The van der Waals surface area contributed by atoms with Gasteiger partial charge in [0.2, 0.25) is 26.6 Å². The van der Waals surface area contributed by atoms with Crippen molar-refractivity contribution >= 4 is 37.3 Å². The SMILES string of the molecule is COc1ccc(N2CCN(c3oc(-c4cccc(C)c4)nc3S(=O)(=O)c3ccc(Br)cc3)CC2)cc1. The van der Waals surface area contributed by atoms with Crippen molar-refractivity contribution in [3.8, 4) is 17.2 Å². The number of piperazine rings is 1. The highest BCUT2D eigenvalue weighted by Gasteiger charge is 2.33. The minimum Gasteiger partial charge on any atom is -0.497 e. The average Bonchev–Trinajstić information content (AvgIpc) is 3.36. The quantitative estimate of drug-likeness (QED) is 0.301. The van der Waals surface area contributed by atoms with E-state index in [0.717, 1.165) is 27.0 Å². The molecule has 0 spiro atoms. The number of anilines is 2. The van der Waals surface area contributed by atoms with Crippen LogP contribution < -0.4 is 14.5 Å². The third-order valence-corrected chi connectivity index (χ3v) is 8.42. The Bertz CT molecular complexity index is 1460. The Labute approximate surface area is 219 Å². The van der Waals surface area contributed by atoms with Crippen LogP contribution in [0, 0.1) is 6.92 Å². The maximum atomic E-state index is 13.7. The van der Waals surface area contributed by atoms with Crippen LogP contribution in [0.15, 0.2) is 91.6 Å². The number of hydrogen-bond acceptors (Lipinski definition) is 7. The topological polar surface area (TPSA) is 75.9 Å². The summed E-state index contributed by atoms with van der Waals surface area (Å²) in [5.74, 6) is 1.39. The summed E-state index contributed by atoms with van der Waals surface area (Å²) in [5.41, 5.74) is 2.87. The average molecular weight is 568 g/mol. The first kappa shape index (κ1) is 24.4. The lowest BCUT2D eigenvalue weighted by molar-refractivity contribution is 0.415. The molecule has 1 saturated heterocycles. The molecule has 0 aliphatic carbocycles. The molecule has 0 amide bonds. The summed E-state index contributed by atoms with van der Waals surface area (Å²) < 4.78 is 39.6. The normalized spacial score (nSPS) is 14.2. The molecule has 7 nitrogen and oxygen atoms in total. The van der Waals surface area contributed by atoms with E-state index in [9.17, 15) is 8.42 Å². The molecular formula is C27H26BrN3O4S. The molecule has 0 N–H and O–H groups in total. The summed E-state index contributed by atoms with van der Waals surface area (Å²) >= 11 is 3.37. The number of nitrogens with zero attached hydrogens (tertiary/aromatic N) is 3. The van der Waals surface area contributed by atoms with Gasteiger partial charge in [0.05, 0.1) is 12.0 Å². The lowest BCUT2D eigenvalue weighted by atomic mass is 10.1. The Morgan fingerprint density at radius 2 is 1.58 bits per heavy atom. The molecule has 186 valence electrons. The molecule has 0 radical (unpaired) electrons. The fourth-order valence-electron chi connectivity index (χ4n) is 4.26. The van der Waals surface area contributed by atoms with Crippen molar-refractivity contribution in [2.75, 3.05) is 43.1 Å². The first-order valence-corrected chi connectivity index (χ1v) is 13.9. The van der Waals surface area contributed by atoms with Crippen molar-refractivity contribution < 1.29 is 17.6 Å². The van der Waals surface area contributed by atoms with Crippen LogP contribution in [0.5, 0.6) is 5.75 Å². The van der Waals surface area contributed by atoms with Gasteiger partial charge in [-0.25, -0.2) is 8.42 Å². The van der Waals surface area contributed by atoms with Gasteiger partial charge in [0.25, 0.3) is 0 Å². The van der Waals surface area contributed by atoms with Crippen LogP contribution in [0.2, 0.25) is 0 Å². The zero-order chi connectivity index (χ0) is 25.3. The Kier molecular flexibility index (Phi) is 6.77. The predicted molar refractivity (Wildman–Crippen MR) is 144 cm³/mol. The van der Waals surface area contributed by atoms with Crippen LogP contribution in [0.25, 0.3) is 11.5 Å². The van der Waals surface area contributed by atoms with Crippen molar-refractivity contribution in [2.45, 2.75) is 16.8 Å². The highest BCUT2D eigenvalue weighted by molar-refractivity contribution is 9.10. The van der Waals surface area contributed by atoms with E-state index in [1.54, 1.807) is 31.4 Å². The van der Waals surface area contributed by atoms with Gasteiger partial charge < -0.3 is 19.0 Å². The number of aryl methyl sites for hydroxylation is 1. The number of ether oxygens (including phenoxy) is 1. The smallest absolute Gasteiger partial charge is 0.236 e. The molecule has 2 heterocycles. The maximum absolute atomic E-state index is 13.7. The Morgan fingerprint density at radius 1 is 0.917 bits per heavy atom. The van der Waals surface area contributed by atoms with Crippen molar-refractivity contribution in [2.24, 2.45) is 0 Å². The van der Waals surface area contributed by atoms with Crippen LogP contribution >= 0.6 is 15.9 Å². The predicted octanol–water partition coefficient (Wildman–Crippen LogP) is 5.58. The second-order valence-corrected chi connectivity index (χ2v) is 11.4. The van der Waals surface area contributed by atoms with Gasteiger partial charge in [-0.2, -0.15) is 4.98 Å². The van der Waals surface area contributed by atoms with Crippen molar-refractivity contribution in [1.29, 1.82) is 0 Å². The van der Waals surface area contributed by atoms with E-state index >= 15 is 0 Å². The number of rotatable bonds is 6. The highest BCUT2D eigenvalue weighted by Crippen LogP contribution is 2.36. The largest absolute Gasteiger partial charge is 0.497 e. The van der Waals surface area contributed by atoms with E-state index in [0.29, 0.717) is 32.1 Å². The molecule has 0 saturated carbocycles. The number of halogens is 1. The Balaban J connectivity index is 1.48. The molecule has 1 aliphatic rings. The summed E-state index contributed by atoms with van der Waals surface area (Å²) in [6.07, 6.45) is 0. The first-order chi connectivity index (χ1) is 17.3. The lowest BCUT2D eigenvalue weighted by Gasteiger charge is -2.36. The molecule has 5 rings (SSSR count). The van der Waals surface area contributed by atoms with Gasteiger partial charge >= 0.3 is 0 Å². The number of oxazole rings is 1. The molecule has 1 fully saturated rings. The number of aromatic nitrogens is 1. The lowest BCUT2D eigenvalue weighted by Crippen LogP contribution is -2.46. The van der Waals surface area contributed by atoms with E-state index in [1.165, 1.54) is 0 Å². The van der Waals surface area contributed by atoms with E-state index in [1.807, 2.05) is 60.4 Å². The monoisotopic (exact) mass is 567 g/mol. The second kappa shape index (κ2) is 9.99. The van der Waals surface area contributed by atoms with E-state index in [2.05, 4.69) is 25.8 Å². The molecule has 0 bridgehead atoms. The van der Waals surface area contributed by atoms with Crippen LogP contribution in [0.3, 0.4) is 0 Å². The van der Waals surface area contributed by atoms with Gasteiger partial charge in [0, 0.05) is 41.9 Å². The van der Waals surface area contributed by atoms with E-state index in [4.69, 9.17) is 9.15 Å².